The van der Waals surface area contributed by atoms with Crippen molar-refractivity contribution in [1.82, 2.24) is 4.98 Å². The Morgan fingerprint density at radius 2 is 2.00 bits per heavy atom. The van der Waals surface area contributed by atoms with Gasteiger partial charge < -0.3 is 20.3 Å². The number of benzene rings is 1. The molecule has 2 bridgehead atoms. The Bertz CT molecular complexity index is 940. The van der Waals surface area contributed by atoms with Crippen LogP contribution in [0.2, 0.25) is 0 Å². The van der Waals surface area contributed by atoms with Gasteiger partial charge >= 0.3 is 0 Å². The van der Waals surface area contributed by atoms with Crippen molar-refractivity contribution >= 4 is 10.9 Å². The molecule has 1 heterocycles. The number of allylic oxidation sites excluding steroid dienone is 2. The molecule has 4 heteroatoms. The molecule has 29 heavy (non-hydrogen) atoms. The highest BCUT2D eigenvalue weighted by Crippen LogP contribution is 2.57. The summed E-state index contributed by atoms with van der Waals surface area (Å²) in [6, 6.07) is 10.4. The number of rotatable bonds is 3. The first-order chi connectivity index (χ1) is 13.8. The van der Waals surface area contributed by atoms with Gasteiger partial charge in [-0.2, -0.15) is 0 Å². The maximum atomic E-state index is 11.5. The van der Waals surface area contributed by atoms with Crippen LogP contribution in [0.4, 0.5) is 0 Å². The normalized spacial score (nSPS) is 41.3. The number of aliphatic hydroxyl groups is 3. The minimum Gasteiger partial charge on any atom is -0.390 e. The van der Waals surface area contributed by atoms with E-state index in [1.807, 2.05) is 12.1 Å². The van der Waals surface area contributed by atoms with Gasteiger partial charge in [0.15, 0.2) is 0 Å². The predicted molar refractivity (Wildman–Crippen MR) is 114 cm³/mol. The largest absolute Gasteiger partial charge is 0.390 e. The summed E-state index contributed by atoms with van der Waals surface area (Å²) < 4.78 is 0. The van der Waals surface area contributed by atoms with Crippen LogP contribution in [-0.4, -0.2) is 37.6 Å². The number of fused-ring (bicyclic) bond motifs is 5. The molecule has 154 valence electrons. The lowest BCUT2D eigenvalue weighted by Crippen LogP contribution is -2.44. The van der Waals surface area contributed by atoms with Gasteiger partial charge in [-0.05, 0) is 73.8 Å². The van der Waals surface area contributed by atoms with E-state index in [-0.39, 0.29) is 23.7 Å². The Hall–Kier alpha value is -1.88. The summed E-state index contributed by atoms with van der Waals surface area (Å²) in [5, 5.41) is 34.3. The lowest BCUT2D eigenvalue weighted by atomic mass is 9.72. The smallest absolute Gasteiger partial charge is 0.0909 e. The Labute approximate surface area is 172 Å². The fourth-order valence-corrected chi connectivity index (χ4v) is 6.40. The van der Waals surface area contributed by atoms with Crippen LogP contribution in [0.25, 0.3) is 10.9 Å². The second-order valence-corrected chi connectivity index (χ2v) is 9.85. The van der Waals surface area contributed by atoms with Gasteiger partial charge in [0.2, 0.25) is 0 Å². The SMILES string of the molecule is C=C(Cc1cc2ccccc2[nH]1)C1CC2C(CC(O)C2(C)O)C2(O)CC=CC1C2. The third-order valence-electron chi connectivity index (χ3n) is 8.07. The third-order valence-corrected chi connectivity index (χ3v) is 8.07. The van der Waals surface area contributed by atoms with Crippen molar-refractivity contribution in [3.05, 3.63) is 60.3 Å². The molecule has 3 aliphatic rings. The molecule has 7 atom stereocenters. The zero-order valence-corrected chi connectivity index (χ0v) is 17.0. The summed E-state index contributed by atoms with van der Waals surface area (Å²) >= 11 is 0. The van der Waals surface area contributed by atoms with Gasteiger partial charge in [0.1, 0.15) is 0 Å². The Kier molecular flexibility index (Phi) is 4.32. The molecule has 4 N–H and O–H groups in total. The number of aromatic amines is 1. The number of aromatic nitrogens is 1. The maximum absolute atomic E-state index is 11.5. The summed E-state index contributed by atoms with van der Waals surface area (Å²) in [6.07, 6.45) is 6.82. The molecule has 2 fully saturated rings. The molecule has 4 nitrogen and oxygen atoms in total. The number of hydrogen-bond donors (Lipinski definition) is 4. The molecule has 0 saturated heterocycles. The summed E-state index contributed by atoms with van der Waals surface area (Å²) in [6.45, 7) is 6.20. The van der Waals surface area contributed by atoms with E-state index < -0.39 is 17.3 Å². The van der Waals surface area contributed by atoms with E-state index >= 15 is 0 Å². The van der Waals surface area contributed by atoms with Crippen LogP contribution in [-0.2, 0) is 6.42 Å². The van der Waals surface area contributed by atoms with Gasteiger partial charge in [-0.15, -0.1) is 0 Å². The van der Waals surface area contributed by atoms with Crippen molar-refractivity contribution in [3.8, 4) is 0 Å². The van der Waals surface area contributed by atoms with Crippen LogP contribution in [0.15, 0.2) is 54.6 Å². The summed E-state index contributed by atoms with van der Waals surface area (Å²) in [5.41, 5.74) is 1.39. The zero-order chi connectivity index (χ0) is 20.4. The average molecular weight is 394 g/mol. The van der Waals surface area contributed by atoms with Crippen LogP contribution in [0.1, 0.15) is 38.3 Å². The molecular weight excluding hydrogens is 362 g/mol. The van der Waals surface area contributed by atoms with Crippen LogP contribution in [0, 0.1) is 23.7 Å². The number of aliphatic hydroxyl groups excluding tert-OH is 1. The molecule has 5 rings (SSSR count). The second kappa shape index (κ2) is 6.56. The first-order valence-corrected chi connectivity index (χ1v) is 10.8. The second-order valence-electron chi connectivity index (χ2n) is 9.85. The molecule has 2 saturated carbocycles. The third kappa shape index (κ3) is 3.00. The molecule has 0 radical (unpaired) electrons. The van der Waals surface area contributed by atoms with E-state index in [0.717, 1.165) is 29.6 Å². The van der Waals surface area contributed by atoms with Gasteiger partial charge in [0.25, 0.3) is 0 Å². The Morgan fingerprint density at radius 1 is 1.21 bits per heavy atom. The predicted octanol–water partition coefficient (Wildman–Crippen LogP) is 3.73. The molecule has 0 spiro atoms. The van der Waals surface area contributed by atoms with Gasteiger partial charge in [-0.25, -0.2) is 0 Å². The first kappa shape index (κ1) is 19.1. The lowest BCUT2D eigenvalue weighted by Gasteiger charge is -2.39. The molecular formula is C25H31NO3. The summed E-state index contributed by atoms with van der Waals surface area (Å²) in [5.74, 6) is 0.197. The monoisotopic (exact) mass is 393 g/mol. The molecule has 7 unspecified atom stereocenters. The average Bonchev–Trinajstić information content (AvgIpc) is 3.15. The van der Waals surface area contributed by atoms with Crippen LogP contribution in [0.5, 0.6) is 0 Å². The fraction of sp³-hybridized carbons (Fsp3) is 0.520. The van der Waals surface area contributed by atoms with Crippen molar-refractivity contribution in [2.75, 3.05) is 0 Å². The zero-order valence-electron chi connectivity index (χ0n) is 17.0. The van der Waals surface area contributed by atoms with Gasteiger partial charge in [0, 0.05) is 17.6 Å². The minimum absolute atomic E-state index is 0.0779. The molecule has 1 aromatic carbocycles. The highest BCUT2D eigenvalue weighted by Gasteiger charge is 2.60. The number of nitrogens with one attached hydrogen (secondary N) is 1. The number of H-pyrrole nitrogens is 1. The lowest BCUT2D eigenvalue weighted by molar-refractivity contribution is -0.0862. The quantitative estimate of drug-likeness (QED) is 0.600. The van der Waals surface area contributed by atoms with Gasteiger partial charge in [-0.3, -0.25) is 0 Å². The Morgan fingerprint density at radius 3 is 2.79 bits per heavy atom. The molecule has 2 aromatic rings. The van der Waals surface area contributed by atoms with Crippen molar-refractivity contribution in [2.24, 2.45) is 23.7 Å². The summed E-state index contributed by atoms with van der Waals surface area (Å²) in [4.78, 5) is 3.50. The highest BCUT2D eigenvalue weighted by atomic mass is 16.3. The van der Waals surface area contributed by atoms with Crippen molar-refractivity contribution in [2.45, 2.75) is 56.3 Å². The maximum Gasteiger partial charge on any atom is 0.0909 e. The van der Waals surface area contributed by atoms with Crippen LogP contribution in [0.3, 0.4) is 0 Å². The fourth-order valence-electron chi connectivity index (χ4n) is 6.40. The van der Waals surface area contributed by atoms with Crippen LogP contribution < -0.4 is 0 Å². The number of para-hydroxylation sites is 1. The van der Waals surface area contributed by atoms with E-state index in [1.165, 1.54) is 5.39 Å². The van der Waals surface area contributed by atoms with Crippen molar-refractivity contribution < 1.29 is 15.3 Å². The summed E-state index contributed by atoms with van der Waals surface area (Å²) in [7, 11) is 0. The van der Waals surface area contributed by atoms with E-state index in [1.54, 1.807) is 6.92 Å². The van der Waals surface area contributed by atoms with E-state index in [4.69, 9.17) is 0 Å². The molecule has 0 amide bonds. The van der Waals surface area contributed by atoms with Gasteiger partial charge in [0.05, 0.1) is 17.3 Å². The van der Waals surface area contributed by atoms with E-state index in [9.17, 15) is 15.3 Å². The molecule has 3 aliphatic carbocycles. The first-order valence-electron chi connectivity index (χ1n) is 10.8. The number of hydrogen-bond acceptors (Lipinski definition) is 3. The van der Waals surface area contributed by atoms with Gasteiger partial charge in [-0.1, -0.05) is 42.5 Å². The van der Waals surface area contributed by atoms with E-state index in [2.05, 4.69) is 41.9 Å². The van der Waals surface area contributed by atoms with Crippen molar-refractivity contribution in [3.63, 3.8) is 0 Å². The minimum atomic E-state index is -1.17. The van der Waals surface area contributed by atoms with E-state index in [0.29, 0.717) is 19.3 Å². The van der Waals surface area contributed by atoms with Crippen molar-refractivity contribution in [1.29, 1.82) is 0 Å². The Balaban J connectivity index is 1.46. The highest BCUT2D eigenvalue weighted by molar-refractivity contribution is 5.80. The topological polar surface area (TPSA) is 76.5 Å². The molecule has 1 aromatic heterocycles. The standard InChI is InChI=1S/C25H31NO3/c1-15(10-18-11-16-6-3-4-8-22(16)26-18)19-12-20-21(13-23(27)24(20,2)28)25(29)9-5-7-17(19)14-25/h3-8,11,17,19-21,23,26-29H,1,9-10,12-14H2,2H3. The van der Waals surface area contributed by atoms with Crippen LogP contribution >= 0.6 is 0 Å². The molecule has 0 aliphatic heterocycles.